The van der Waals surface area contributed by atoms with Gasteiger partial charge in [0.05, 0.1) is 5.02 Å². The molecule has 0 saturated carbocycles. The number of carbonyl (C=O) groups is 1. The number of anilines is 1. The van der Waals surface area contributed by atoms with Crippen LogP contribution < -0.4 is 10.5 Å². The predicted octanol–water partition coefficient (Wildman–Crippen LogP) is 1.94. The lowest BCUT2D eigenvalue weighted by atomic mass is 10.1. The molecular formula is C9H7ClF3NO4. The third-order valence-electron chi connectivity index (χ3n) is 1.88. The highest BCUT2D eigenvalue weighted by atomic mass is 35.5. The molecule has 0 aliphatic carbocycles. The van der Waals surface area contributed by atoms with Crippen molar-refractivity contribution < 1.29 is 32.9 Å². The molecule has 0 spiro atoms. The maximum Gasteiger partial charge on any atom is 0.573 e. The van der Waals surface area contributed by atoms with Gasteiger partial charge >= 0.3 is 12.3 Å². The minimum absolute atomic E-state index is 0.390. The Morgan fingerprint density at radius 3 is 2.39 bits per heavy atom. The number of aliphatic hydroxyl groups excluding tert-OH is 1. The number of ether oxygens (including phenoxy) is 1. The third-order valence-corrected chi connectivity index (χ3v) is 2.19. The summed E-state index contributed by atoms with van der Waals surface area (Å²) in [4.78, 5) is 10.5. The Morgan fingerprint density at radius 2 is 2.00 bits per heavy atom. The third kappa shape index (κ3) is 3.41. The number of carboxylic acids is 1. The maximum atomic E-state index is 11.9. The molecule has 0 aliphatic rings. The summed E-state index contributed by atoms with van der Waals surface area (Å²) in [7, 11) is 0. The first-order chi connectivity index (χ1) is 8.11. The molecule has 100 valence electrons. The average Bonchev–Trinajstić information content (AvgIpc) is 2.12. The Morgan fingerprint density at radius 1 is 1.44 bits per heavy atom. The van der Waals surface area contributed by atoms with Gasteiger partial charge in [-0.25, -0.2) is 4.79 Å². The van der Waals surface area contributed by atoms with Crippen LogP contribution in [0.4, 0.5) is 18.9 Å². The maximum absolute atomic E-state index is 11.9. The fourth-order valence-corrected chi connectivity index (χ4v) is 1.54. The number of hydrogen-bond donors (Lipinski definition) is 3. The molecule has 1 aromatic rings. The van der Waals surface area contributed by atoms with E-state index in [0.717, 1.165) is 6.07 Å². The second kappa shape index (κ2) is 4.91. The van der Waals surface area contributed by atoms with Crippen LogP contribution in [0.2, 0.25) is 5.02 Å². The molecule has 1 unspecified atom stereocenters. The second-order valence-electron chi connectivity index (χ2n) is 3.20. The topological polar surface area (TPSA) is 92.8 Å². The Bertz CT molecular complexity index is 454. The molecule has 0 fully saturated rings. The van der Waals surface area contributed by atoms with E-state index in [1.54, 1.807) is 0 Å². The number of nitrogen functional groups attached to an aromatic ring is 1. The zero-order chi connectivity index (χ0) is 14.1. The molecule has 0 radical (unpaired) electrons. The van der Waals surface area contributed by atoms with E-state index in [1.165, 1.54) is 0 Å². The highest BCUT2D eigenvalue weighted by molar-refractivity contribution is 6.32. The molecule has 0 amide bonds. The summed E-state index contributed by atoms with van der Waals surface area (Å²) >= 11 is 5.55. The van der Waals surface area contributed by atoms with Crippen LogP contribution in [0.1, 0.15) is 11.7 Å². The van der Waals surface area contributed by atoms with E-state index in [9.17, 15) is 23.1 Å². The lowest BCUT2D eigenvalue weighted by Gasteiger charge is -2.14. The standard InChI is InChI=1S/C9H7ClF3NO4/c10-4-1-3(18-9(11,12)13)2-5(14)6(4)7(15)8(16)17/h1-2,7,15H,14H2,(H,16,17). The summed E-state index contributed by atoms with van der Waals surface area (Å²) in [6.45, 7) is 0. The number of nitrogens with two attached hydrogens (primary N) is 1. The summed E-state index contributed by atoms with van der Waals surface area (Å²) < 4.78 is 39.4. The summed E-state index contributed by atoms with van der Waals surface area (Å²) in [5, 5.41) is 17.4. The molecule has 9 heteroatoms. The minimum atomic E-state index is -4.93. The molecule has 1 aromatic carbocycles. The van der Waals surface area contributed by atoms with E-state index in [4.69, 9.17) is 22.4 Å². The minimum Gasteiger partial charge on any atom is -0.479 e. The number of benzene rings is 1. The molecular weight excluding hydrogens is 279 g/mol. The van der Waals surface area contributed by atoms with E-state index < -0.39 is 40.5 Å². The van der Waals surface area contributed by atoms with E-state index >= 15 is 0 Å². The summed E-state index contributed by atoms with van der Waals surface area (Å²) in [6, 6.07) is 1.44. The van der Waals surface area contributed by atoms with Gasteiger partial charge in [-0.05, 0) is 6.07 Å². The molecule has 1 atom stereocenters. The van der Waals surface area contributed by atoms with Crippen LogP contribution in [0.25, 0.3) is 0 Å². The van der Waals surface area contributed by atoms with Crippen molar-refractivity contribution in [3.63, 3.8) is 0 Å². The first kappa shape index (κ1) is 14.4. The van der Waals surface area contributed by atoms with Crippen molar-refractivity contribution in [3.05, 3.63) is 22.7 Å². The zero-order valence-corrected chi connectivity index (χ0v) is 9.29. The average molecular weight is 286 g/mol. The Kier molecular flexibility index (Phi) is 3.92. The quantitative estimate of drug-likeness (QED) is 0.738. The van der Waals surface area contributed by atoms with Gasteiger partial charge in [0.25, 0.3) is 0 Å². The molecule has 0 bridgehead atoms. The van der Waals surface area contributed by atoms with Crippen molar-refractivity contribution in [2.45, 2.75) is 12.5 Å². The van der Waals surface area contributed by atoms with Crippen molar-refractivity contribution in [2.24, 2.45) is 0 Å². The van der Waals surface area contributed by atoms with E-state index in [-0.39, 0.29) is 0 Å². The van der Waals surface area contributed by atoms with Crippen LogP contribution in [0.15, 0.2) is 12.1 Å². The van der Waals surface area contributed by atoms with Crippen molar-refractivity contribution in [1.82, 2.24) is 0 Å². The lowest BCUT2D eigenvalue weighted by Crippen LogP contribution is -2.18. The van der Waals surface area contributed by atoms with E-state index in [1.807, 2.05) is 0 Å². The van der Waals surface area contributed by atoms with Gasteiger partial charge in [0.2, 0.25) is 0 Å². The highest BCUT2D eigenvalue weighted by Gasteiger charge is 2.32. The number of aliphatic carboxylic acids is 1. The molecule has 0 saturated heterocycles. The molecule has 1 rings (SSSR count). The van der Waals surface area contributed by atoms with Gasteiger partial charge in [-0.2, -0.15) is 0 Å². The fourth-order valence-electron chi connectivity index (χ4n) is 1.22. The van der Waals surface area contributed by atoms with Crippen molar-refractivity contribution in [3.8, 4) is 5.75 Å². The van der Waals surface area contributed by atoms with Crippen LogP contribution in [0.5, 0.6) is 5.75 Å². The summed E-state index contributed by atoms with van der Waals surface area (Å²) in [6.07, 6.45) is -6.96. The highest BCUT2D eigenvalue weighted by Crippen LogP contribution is 2.35. The molecule has 5 nitrogen and oxygen atoms in total. The number of carboxylic acid groups (broad SMARTS) is 1. The summed E-state index contributed by atoms with van der Waals surface area (Å²) in [5.41, 5.74) is 4.51. The number of alkyl halides is 3. The molecule has 0 aliphatic heterocycles. The van der Waals surface area contributed by atoms with Crippen LogP contribution in [-0.4, -0.2) is 22.5 Å². The van der Waals surface area contributed by atoms with Crippen molar-refractivity contribution in [2.75, 3.05) is 5.73 Å². The first-order valence-corrected chi connectivity index (χ1v) is 4.75. The lowest BCUT2D eigenvalue weighted by molar-refractivity contribution is -0.274. The monoisotopic (exact) mass is 285 g/mol. The van der Waals surface area contributed by atoms with Crippen molar-refractivity contribution >= 4 is 23.3 Å². The van der Waals surface area contributed by atoms with Gasteiger partial charge in [0, 0.05) is 17.3 Å². The number of halogens is 4. The Hall–Kier alpha value is -1.67. The van der Waals surface area contributed by atoms with Crippen molar-refractivity contribution in [1.29, 1.82) is 0 Å². The van der Waals surface area contributed by atoms with Gasteiger partial charge in [0.15, 0.2) is 6.10 Å². The second-order valence-corrected chi connectivity index (χ2v) is 3.60. The van der Waals surface area contributed by atoms with E-state index in [2.05, 4.69) is 4.74 Å². The molecule has 18 heavy (non-hydrogen) atoms. The van der Waals surface area contributed by atoms with Gasteiger partial charge in [0.1, 0.15) is 5.75 Å². The smallest absolute Gasteiger partial charge is 0.479 e. The predicted molar refractivity (Wildman–Crippen MR) is 55.1 cm³/mol. The van der Waals surface area contributed by atoms with Gasteiger partial charge in [-0.15, -0.1) is 13.2 Å². The van der Waals surface area contributed by atoms with Gasteiger partial charge in [-0.3, -0.25) is 0 Å². The SMILES string of the molecule is Nc1cc(OC(F)(F)F)cc(Cl)c1C(O)C(=O)O. The summed E-state index contributed by atoms with van der Waals surface area (Å²) in [5.74, 6) is -2.33. The van der Waals surface area contributed by atoms with Gasteiger partial charge in [-0.1, -0.05) is 11.6 Å². The molecule has 0 heterocycles. The fraction of sp³-hybridized carbons (Fsp3) is 0.222. The van der Waals surface area contributed by atoms with Crippen LogP contribution in [-0.2, 0) is 4.79 Å². The van der Waals surface area contributed by atoms with E-state index in [0.29, 0.717) is 6.07 Å². The molecule has 4 N–H and O–H groups in total. The van der Waals surface area contributed by atoms with Gasteiger partial charge < -0.3 is 20.7 Å². The first-order valence-electron chi connectivity index (χ1n) is 4.37. The van der Waals surface area contributed by atoms with Crippen LogP contribution in [0.3, 0.4) is 0 Å². The number of hydrogen-bond acceptors (Lipinski definition) is 4. The largest absolute Gasteiger partial charge is 0.573 e. The van der Waals surface area contributed by atoms with Crippen LogP contribution >= 0.6 is 11.6 Å². The molecule has 0 aromatic heterocycles. The Labute approximate surface area is 104 Å². The normalized spacial score (nSPS) is 13.2. The zero-order valence-electron chi connectivity index (χ0n) is 8.53. The number of aliphatic hydroxyl groups is 1. The number of rotatable bonds is 3. The Balaban J connectivity index is 3.17. The van der Waals surface area contributed by atoms with Crippen LogP contribution in [0, 0.1) is 0 Å².